The first-order valence-corrected chi connectivity index (χ1v) is 9.41. The molecule has 1 heterocycles. The Balaban J connectivity index is 1.85. The number of amides is 1. The molecular formula is C23H24FN3O3. The van der Waals surface area contributed by atoms with E-state index in [1.807, 2.05) is 18.2 Å². The minimum absolute atomic E-state index is 0.249. The minimum atomic E-state index is -0.544. The summed E-state index contributed by atoms with van der Waals surface area (Å²) in [6.45, 7) is 2.30. The van der Waals surface area contributed by atoms with Crippen LogP contribution in [0.1, 0.15) is 27.2 Å². The maximum absolute atomic E-state index is 13.4. The number of carbonyl (C=O) groups excluding carboxylic acids is 1. The summed E-state index contributed by atoms with van der Waals surface area (Å²) in [5.74, 6) is 0.495. The molecule has 0 atom stereocenters. The van der Waals surface area contributed by atoms with Gasteiger partial charge < -0.3 is 20.5 Å². The van der Waals surface area contributed by atoms with Gasteiger partial charge in [0.2, 0.25) is 5.95 Å². The van der Waals surface area contributed by atoms with Crippen LogP contribution in [0.25, 0.3) is 11.1 Å². The lowest BCUT2D eigenvalue weighted by molar-refractivity contribution is 0.0950. The predicted octanol–water partition coefficient (Wildman–Crippen LogP) is 3.60. The van der Waals surface area contributed by atoms with Crippen molar-refractivity contribution < 1.29 is 18.7 Å². The maximum Gasteiger partial charge on any atom is 0.251 e. The van der Waals surface area contributed by atoms with Gasteiger partial charge in [-0.25, -0.2) is 4.98 Å². The first kappa shape index (κ1) is 21.3. The monoisotopic (exact) mass is 409 g/mol. The van der Waals surface area contributed by atoms with Crippen molar-refractivity contribution in [1.82, 2.24) is 10.3 Å². The lowest BCUT2D eigenvalue weighted by Crippen LogP contribution is -2.23. The average molecular weight is 409 g/mol. The second-order valence-electron chi connectivity index (χ2n) is 6.79. The number of pyridine rings is 1. The molecule has 1 aromatic heterocycles. The van der Waals surface area contributed by atoms with E-state index in [1.165, 1.54) is 6.07 Å². The summed E-state index contributed by atoms with van der Waals surface area (Å²) in [5, 5.41) is 2.91. The van der Waals surface area contributed by atoms with Gasteiger partial charge in [-0.3, -0.25) is 4.79 Å². The average Bonchev–Trinajstić information content (AvgIpc) is 2.76. The van der Waals surface area contributed by atoms with Crippen LogP contribution < -0.4 is 20.5 Å². The Morgan fingerprint density at radius 3 is 2.33 bits per heavy atom. The number of methoxy groups -OCH3 is 2. The van der Waals surface area contributed by atoms with E-state index in [1.54, 1.807) is 45.4 Å². The lowest BCUT2D eigenvalue weighted by atomic mass is 9.98. The number of halogens is 1. The van der Waals surface area contributed by atoms with Gasteiger partial charge in [0.15, 0.2) is 0 Å². The van der Waals surface area contributed by atoms with Crippen molar-refractivity contribution >= 4 is 5.91 Å². The van der Waals surface area contributed by atoms with E-state index in [-0.39, 0.29) is 12.5 Å². The van der Waals surface area contributed by atoms with Crippen LogP contribution in [-0.4, -0.2) is 25.1 Å². The number of nitrogens with zero attached hydrogens (tertiary/aromatic N) is 1. The van der Waals surface area contributed by atoms with Crippen LogP contribution in [0.3, 0.4) is 0 Å². The SMILES string of the molecule is COc1cc(CNC(=O)c2cc(CN)cc(-c3ccc(F)nc3C)c2)cc(OC)c1. The molecule has 0 fully saturated rings. The fraction of sp³-hybridized carbons (Fsp3) is 0.217. The Morgan fingerprint density at radius 1 is 1.03 bits per heavy atom. The predicted molar refractivity (Wildman–Crippen MR) is 113 cm³/mol. The van der Waals surface area contributed by atoms with Gasteiger partial charge in [0.25, 0.3) is 5.91 Å². The number of aromatic nitrogens is 1. The third-order valence-corrected chi connectivity index (χ3v) is 4.72. The Labute approximate surface area is 174 Å². The fourth-order valence-corrected chi connectivity index (χ4v) is 3.18. The molecule has 0 radical (unpaired) electrons. The Hall–Kier alpha value is -3.45. The van der Waals surface area contributed by atoms with Crippen molar-refractivity contribution in [2.75, 3.05) is 14.2 Å². The van der Waals surface area contributed by atoms with E-state index in [2.05, 4.69) is 10.3 Å². The van der Waals surface area contributed by atoms with Crippen LogP contribution in [0.2, 0.25) is 0 Å². The quantitative estimate of drug-likeness (QED) is 0.583. The number of carbonyl (C=O) groups is 1. The summed E-state index contributed by atoms with van der Waals surface area (Å²) in [6.07, 6.45) is 0. The largest absolute Gasteiger partial charge is 0.497 e. The summed E-state index contributed by atoms with van der Waals surface area (Å²) in [7, 11) is 3.15. The maximum atomic E-state index is 13.4. The fourth-order valence-electron chi connectivity index (χ4n) is 3.18. The van der Waals surface area contributed by atoms with Gasteiger partial charge in [0, 0.05) is 36.0 Å². The summed E-state index contributed by atoms with van der Waals surface area (Å²) < 4.78 is 23.9. The molecule has 0 spiro atoms. The van der Waals surface area contributed by atoms with Crippen LogP contribution in [-0.2, 0) is 13.1 Å². The molecule has 1 amide bonds. The molecule has 7 heteroatoms. The van der Waals surface area contributed by atoms with E-state index in [0.717, 1.165) is 22.3 Å². The van der Waals surface area contributed by atoms with Gasteiger partial charge in [-0.1, -0.05) is 0 Å². The number of hydrogen-bond donors (Lipinski definition) is 2. The highest BCUT2D eigenvalue weighted by molar-refractivity contribution is 5.95. The smallest absolute Gasteiger partial charge is 0.251 e. The van der Waals surface area contributed by atoms with E-state index in [4.69, 9.17) is 15.2 Å². The Kier molecular flexibility index (Phi) is 6.64. The first-order valence-electron chi connectivity index (χ1n) is 9.41. The van der Waals surface area contributed by atoms with Crippen LogP contribution in [0.4, 0.5) is 4.39 Å². The summed E-state index contributed by atoms with van der Waals surface area (Å²) in [4.78, 5) is 16.7. The minimum Gasteiger partial charge on any atom is -0.497 e. The number of nitrogens with one attached hydrogen (secondary N) is 1. The van der Waals surface area contributed by atoms with Crippen molar-refractivity contribution in [1.29, 1.82) is 0 Å². The normalized spacial score (nSPS) is 10.6. The van der Waals surface area contributed by atoms with Gasteiger partial charge >= 0.3 is 0 Å². The second-order valence-corrected chi connectivity index (χ2v) is 6.79. The first-order chi connectivity index (χ1) is 14.4. The molecule has 156 valence electrons. The molecule has 6 nitrogen and oxygen atoms in total. The molecule has 0 saturated heterocycles. The van der Waals surface area contributed by atoms with E-state index in [9.17, 15) is 9.18 Å². The van der Waals surface area contributed by atoms with E-state index < -0.39 is 5.95 Å². The van der Waals surface area contributed by atoms with Crippen molar-refractivity contribution in [3.63, 3.8) is 0 Å². The molecule has 0 bridgehead atoms. The topological polar surface area (TPSA) is 86.5 Å². The number of rotatable bonds is 7. The number of aryl methyl sites for hydroxylation is 1. The van der Waals surface area contributed by atoms with Gasteiger partial charge in [-0.05, 0) is 66.1 Å². The van der Waals surface area contributed by atoms with Crippen molar-refractivity contribution in [3.05, 3.63) is 76.9 Å². The molecule has 0 unspecified atom stereocenters. The van der Waals surface area contributed by atoms with Gasteiger partial charge in [0.1, 0.15) is 11.5 Å². The summed E-state index contributed by atoms with van der Waals surface area (Å²) in [6, 6.07) is 13.8. The van der Waals surface area contributed by atoms with Gasteiger partial charge in [-0.15, -0.1) is 0 Å². The molecule has 0 aliphatic heterocycles. The highest BCUT2D eigenvalue weighted by Gasteiger charge is 2.12. The van der Waals surface area contributed by atoms with Crippen molar-refractivity contribution in [2.45, 2.75) is 20.0 Å². The highest BCUT2D eigenvalue weighted by atomic mass is 19.1. The van der Waals surface area contributed by atoms with Gasteiger partial charge in [0.05, 0.1) is 14.2 Å². The van der Waals surface area contributed by atoms with Crippen LogP contribution in [0.5, 0.6) is 11.5 Å². The van der Waals surface area contributed by atoms with Crippen LogP contribution in [0.15, 0.2) is 48.5 Å². The highest BCUT2D eigenvalue weighted by Crippen LogP contribution is 2.26. The zero-order valence-corrected chi connectivity index (χ0v) is 17.2. The summed E-state index contributed by atoms with van der Waals surface area (Å²) >= 11 is 0. The zero-order valence-electron chi connectivity index (χ0n) is 17.2. The van der Waals surface area contributed by atoms with E-state index >= 15 is 0 Å². The number of benzene rings is 2. The third kappa shape index (κ3) is 4.93. The number of hydrogen-bond acceptors (Lipinski definition) is 5. The summed E-state index contributed by atoms with van der Waals surface area (Å²) in [5.41, 5.74) is 9.97. The molecule has 3 rings (SSSR count). The molecular weight excluding hydrogens is 385 g/mol. The number of ether oxygens (including phenoxy) is 2. The van der Waals surface area contributed by atoms with Crippen molar-refractivity contribution in [2.24, 2.45) is 5.73 Å². The van der Waals surface area contributed by atoms with Crippen LogP contribution >= 0.6 is 0 Å². The lowest BCUT2D eigenvalue weighted by Gasteiger charge is -2.12. The molecule has 0 aliphatic carbocycles. The van der Waals surface area contributed by atoms with E-state index in [0.29, 0.717) is 29.3 Å². The zero-order chi connectivity index (χ0) is 21.7. The number of nitrogens with two attached hydrogens (primary N) is 1. The molecule has 3 aromatic rings. The molecule has 3 N–H and O–H groups in total. The Bertz CT molecular complexity index is 1050. The van der Waals surface area contributed by atoms with Crippen LogP contribution in [0, 0.1) is 12.9 Å². The second kappa shape index (κ2) is 9.37. The molecule has 0 aliphatic rings. The standard InChI is InChI=1S/C23H24FN3O3/c1-14-21(4-5-22(24)27-14)17-6-15(12-25)7-18(10-17)23(28)26-13-16-8-19(29-2)11-20(9-16)30-3/h4-11H,12-13,25H2,1-3H3,(H,26,28). The van der Waals surface area contributed by atoms with Crippen molar-refractivity contribution in [3.8, 4) is 22.6 Å². The molecule has 30 heavy (non-hydrogen) atoms. The molecule has 2 aromatic carbocycles. The third-order valence-electron chi connectivity index (χ3n) is 4.72. The Morgan fingerprint density at radius 2 is 1.73 bits per heavy atom. The molecule has 0 saturated carbocycles. The van der Waals surface area contributed by atoms with Gasteiger partial charge in [-0.2, -0.15) is 4.39 Å².